The monoisotopic (exact) mass is 276 g/mol. The fourth-order valence-corrected chi connectivity index (χ4v) is 5.42. The number of hydrogen-bond donors (Lipinski definition) is 0. The molecule has 1 saturated carbocycles. The Balaban J connectivity index is 2.00. The number of hydrogen-bond acceptors (Lipinski definition) is 3. The zero-order valence-corrected chi connectivity index (χ0v) is 11.6. The van der Waals surface area contributed by atoms with Gasteiger partial charge in [0.15, 0.2) is 15.6 Å². The van der Waals surface area contributed by atoms with E-state index in [0.717, 1.165) is 11.1 Å². The largest absolute Gasteiger partial charge is 0.295 e. The summed E-state index contributed by atoms with van der Waals surface area (Å²) in [6.07, 6.45) is 1.68. The number of ketones is 1. The van der Waals surface area contributed by atoms with Crippen LogP contribution in [0, 0.1) is 5.92 Å². The first-order chi connectivity index (χ1) is 9.01. The molecule has 100 valence electrons. The number of carbonyl (C=O) groups is 1. The van der Waals surface area contributed by atoms with Gasteiger partial charge in [0.1, 0.15) is 0 Å². The van der Waals surface area contributed by atoms with E-state index >= 15 is 0 Å². The molecule has 3 nitrogen and oxygen atoms in total. The summed E-state index contributed by atoms with van der Waals surface area (Å²) in [5.41, 5.74) is 1.77. The minimum absolute atomic E-state index is 0.0855. The average molecular weight is 276 g/mol. The maximum Gasteiger partial charge on any atom is 0.182 e. The lowest BCUT2D eigenvalue weighted by Gasteiger charge is -2.18. The number of allylic oxidation sites excluding steroid dienone is 2. The standard InChI is InChI=1S/C15H16O3S/c1-10-9-14(12-7-8-13(16)15(10)12)19(17,18)11-5-3-2-4-6-11/h2-6,12,14H,7-9H2,1H3/t12-,14-/m1/s1. The highest BCUT2D eigenvalue weighted by Gasteiger charge is 2.46. The first-order valence-electron chi connectivity index (χ1n) is 6.53. The third-order valence-electron chi connectivity index (χ3n) is 4.24. The Morgan fingerprint density at radius 2 is 1.84 bits per heavy atom. The lowest BCUT2D eigenvalue weighted by Crippen LogP contribution is -2.26. The maximum atomic E-state index is 12.7. The van der Waals surface area contributed by atoms with Crippen LogP contribution in [0.4, 0.5) is 0 Å². The van der Waals surface area contributed by atoms with E-state index < -0.39 is 15.1 Å². The molecule has 19 heavy (non-hydrogen) atoms. The zero-order valence-electron chi connectivity index (χ0n) is 10.8. The van der Waals surface area contributed by atoms with Gasteiger partial charge in [0, 0.05) is 12.3 Å². The van der Waals surface area contributed by atoms with Crippen molar-refractivity contribution >= 4 is 15.6 Å². The molecule has 1 aromatic carbocycles. The minimum Gasteiger partial charge on any atom is -0.295 e. The Kier molecular flexibility index (Phi) is 2.86. The molecule has 0 N–H and O–H groups in total. The van der Waals surface area contributed by atoms with Crippen molar-refractivity contribution in [1.82, 2.24) is 0 Å². The first kappa shape index (κ1) is 12.6. The zero-order chi connectivity index (χ0) is 13.6. The summed E-state index contributed by atoms with van der Waals surface area (Å²) in [5, 5.41) is -0.448. The van der Waals surface area contributed by atoms with Crippen molar-refractivity contribution in [2.45, 2.75) is 36.3 Å². The molecule has 0 heterocycles. The SMILES string of the molecule is CC1=C2C(=O)CC[C@@H]2[C@H](S(=O)(=O)c2ccccc2)C1. The Morgan fingerprint density at radius 1 is 1.16 bits per heavy atom. The minimum atomic E-state index is -3.34. The quantitative estimate of drug-likeness (QED) is 0.834. The number of benzene rings is 1. The van der Waals surface area contributed by atoms with Gasteiger partial charge in [-0.05, 0) is 37.5 Å². The fourth-order valence-electron chi connectivity index (χ4n) is 3.36. The Morgan fingerprint density at radius 3 is 2.53 bits per heavy atom. The van der Waals surface area contributed by atoms with Crippen LogP contribution in [0.3, 0.4) is 0 Å². The van der Waals surface area contributed by atoms with Crippen molar-refractivity contribution in [1.29, 1.82) is 0 Å². The predicted octanol–water partition coefficient (Wildman–Crippen LogP) is 2.53. The van der Waals surface area contributed by atoms with Crippen molar-refractivity contribution in [3.63, 3.8) is 0 Å². The van der Waals surface area contributed by atoms with Crippen LogP contribution in [0.2, 0.25) is 0 Å². The summed E-state index contributed by atoms with van der Waals surface area (Å²) in [6, 6.07) is 8.56. The van der Waals surface area contributed by atoms with E-state index in [4.69, 9.17) is 0 Å². The summed E-state index contributed by atoms with van der Waals surface area (Å²) >= 11 is 0. The Bertz CT molecular complexity index is 656. The van der Waals surface area contributed by atoms with Crippen molar-refractivity contribution in [3.05, 3.63) is 41.5 Å². The second-order valence-electron chi connectivity index (χ2n) is 5.36. The average Bonchev–Trinajstić information content (AvgIpc) is 2.93. The molecule has 0 saturated heterocycles. The van der Waals surface area contributed by atoms with E-state index in [1.54, 1.807) is 24.3 Å². The maximum absolute atomic E-state index is 12.7. The van der Waals surface area contributed by atoms with E-state index in [9.17, 15) is 13.2 Å². The van der Waals surface area contributed by atoms with Crippen LogP contribution in [0.25, 0.3) is 0 Å². The van der Waals surface area contributed by atoms with Gasteiger partial charge in [-0.25, -0.2) is 8.42 Å². The summed E-state index contributed by atoms with van der Waals surface area (Å²) < 4.78 is 25.4. The van der Waals surface area contributed by atoms with Crippen LogP contribution in [0.1, 0.15) is 26.2 Å². The molecule has 2 aliphatic carbocycles. The van der Waals surface area contributed by atoms with Gasteiger partial charge in [-0.15, -0.1) is 0 Å². The highest BCUT2D eigenvalue weighted by molar-refractivity contribution is 7.92. The molecule has 1 aromatic rings. The van der Waals surface area contributed by atoms with Gasteiger partial charge < -0.3 is 0 Å². The lowest BCUT2D eigenvalue weighted by atomic mass is 10.0. The molecule has 0 bridgehead atoms. The van der Waals surface area contributed by atoms with Crippen molar-refractivity contribution in [2.24, 2.45) is 5.92 Å². The molecule has 0 aromatic heterocycles. The van der Waals surface area contributed by atoms with Gasteiger partial charge >= 0.3 is 0 Å². The number of rotatable bonds is 2. The highest BCUT2D eigenvalue weighted by atomic mass is 32.2. The number of carbonyl (C=O) groups excluding carboxylic acids is 1. The predicted molar refractivity (Wildman–Crippen MR) is 72.5 cm³/mol. The van der Waals surface area contributed by atoms with Crippen LogP contribution in [-0.2, 0) is 14.6 Å². The van der Waals surface area contributed by atoms with Crippen molar-refractivity contribution in [2.75, 3.05) is 0 Å². The molecular weight excluding hydrogens is 260 g/mol. The van der Waals surface area contributed by atoms with Crippen LogP contribution >= 0.6 is 0 Å². The highest BCUT2D eigenvalue weighted by Crippen LogP contribution is 2.45. The van der Waals surface area contributed by atoms with E-state index in [1.807, 2.05) is 13.0 Å². The Hall–Kier alpha value is -1.42. The number of Topliss-reactive ketones (excluding diaryl/α,β-unsaturated/α-hetero) is 1. The van der Waals surface area contributed by atoms with Crippen LogP contribution in [-0.4, -0.2) is 19.5 Å². The van der Waals surface area contributed by atoms with E-state index in [2.05, 4.69) is 0 Å². The van der Waals surface area contributed by atoms with Crippen molar-refractivity contribution < 1.29 is 13.2 Å². The Labute approximate surface area is 113 Å². The molecule has 1 fully saturated rings. The van der Waals surface area contributed by atoms with Gasteiger partial charge in [-0.1, -0.05) is 23.8 Å². The van der Waals surface area contributed by atoms with Gasteiger partial charge in [0.25, 0.3) is 0 Å². The normalized spacial score (nSPS) is 26.9. The summed E-state index contributed by atoms with van der Waals surface area (Å²) in [6.45, 7) is 1.89. The lowest BCUT2D eigenvalue weighted by molar-refractivity contribution is -0.114. The molecule has 2 aliphatic rings. The third kappa shape index (κ3) is 1.86. The molecule has 3 rings (SSSR count). The number of fused-ring (bicyclic) bond motifs is 1. The van der Waals surface area contributed by atoms with Gasteiger partial charge in [0.2, 0.25) is 0 Å². The smallest absolute Gasteiger partial charge is 0.182 e. The third-order valence-corrected chi connectivity index (χ3v) is 6.46. The first-order valence-corrected chi connectivity index (χ1v) is 8.08. The second-order valence-corrected chi connectivity index (χ2v) is 7.53. The molecule has 0 unspecified atom stereocenters. The van der Waals surface area contributed by atoms with Crippen LogP contribution in [0.15, 0.2) is 46.4 Å². The van der Waals surface area contributed by atoms with Crippen LogP contribution in [0.5, 0.6) is 0 Å². The topological polar surface area (TPSA) is 51.2 Å². The van der Waals surface area contributed by atoms with Gasteiger partial charge in [0.05, 0.1) is 10.1 Å². The molecule has 2 atom stereocenters. The van der Waals surface area contributed by atoms with E-state index in [1.165, 1.54) is 0 Å². The number of sulfone groups is 1. The molecule has 0 spiro atoms. The van der Waals surface area contributed by atoms with Crippen molar-refractivity contribution in [3.8, 4) is 0 Å². The molecular formula is C15H16O3S. The summed E-state index contributed by atoms with van der Waals surface area (Å²) in [5.74, 6) is 0.0611. The summed E-state index contributed by atoms with van der Waals surface area (Å²) in [7, 11) is -3.34. The fraction of sp³-hybridized carbons (Fsp3) is 0.400. The van der Waals surface area contributed by atoms with Gasteiger partial charge in [-0.3, -0.25) is 4.79 Å². The molecule has 0 aliphatic heterocycles. The van der Waals surface area contributed by atoms with E-state index in [-0.39, 0.29) is 11.7 Å². The van der Waals surface area contributed by atoms with Gasteiger partial charge in [-0.2, -0.15) is 0 Å². The second kappa shape index (κ2) is 4.30. The molecule has 0 amide bonds. The van der Waals surface area contributed by atoms with Crippen LogP contribution < -0.4 is 0 Å². The molecule has 0 radical (unpaired) electrons. The summed E-state index contributed by atoms with van der Waals surface area (Å²) in [4.78, 5) is 12.2. The molecule has 4 heteroatoms. The van der Waals surface area contributed by atoms with E-state index in [0.29, 0.717) is 24.2 Å².